The molecule has 0 saturated carbocycles. The lowest BCUT2D eigenvalue weighted by atomic mass is 10.2. The maximum Gasteiger partial charge on any atom is 0.250 e. The second-order valence-electron chi connectivity index (χ2n) is 3.90. The van der Waals surface area contributed by atoms with Crippen molar-refractivity contribution in [2.75, 3.05) is 5.75 Å². The quantitative estimate of drug-likeness (QED) is 0.627. The Hall–Kier alpha value is -2.01. The molecule has 0 atom stereocenters. The molecule has 1 aromatic carbocycles. The van der Waals surface area contributed by atoms with E-state index >= 15 is 0 Å². The number of hydrogen-bond donors (Lipinski definition) is 2. The largest absolute Gasteiger partial charge is 0.360 e. The second-order valence-corrected chi connectivity index (χ2v) is 4.88. The summed E-state index contributed by atoms with van der Waals surface area (Å²) in [4.78, 5) is 14.5. The minimum Gasteiger partial charge on any atom is -0.360 e. The molecule has 19 heavy (non-hydrogen) atoms. The van der Waals surface area contributed by atoms with Gasteiger partial charge in [0.25, 0.3) is 0 Å². The molecule has 0 aliphatic heterocycles. The molecule has 1 aromatic heterocycles. The Kier molecular flexibility index (Phi) is 5.25. The number of H-pyrrole nitrogens is 1. The Morgan fingerprint density at radius 3 is 2.84 bits per heavy atom. The Labute approximate surface area is 116 Å². The van der Waals surface area contributed by atoms with Crippen LogP contribution in [0.5, 0.6) is 0 Å². The van der Waals surface area contributed by atoms with E-state index < -0.39 is 0 Å². The van der Waals surface area contributed by atoms with Crippen LogP contribution in [0, 0.1) is 0 Å². The van der Waals surface area contributed by atoms with Gasteiger partial charge >= 0.3 is 0 Å². The molecule has 2 rings (SSSR count). The van der Waals surface area contributed by atoms with E-state index in [1.54, 1.807) is 24.2 Å². The standard InChI is InChI=1S/C14H15N3OS/c18-14(17-16-9-13-7-4-8-15-13)11-19-10-12-5-2-1-3-6-12/h1-9,15H,10-11H2,(H,17,18). The van der Waals surface area contributed by atoms with Gasteiger partial charge in [0.1, 0.15) is 0 Å². The van der Waals surface area contributed by atoms with Crippen molar-refractivity contribution < 1.29 is 4.79 Å². The summed E-state index contributed by atoms with van der Waals surface area (Å²) in [5.41, 5.74) is 4.57. The summed E-state index contributed by atoms with van der Waals surface area (Å²) in [6.45, 7) is 0. The highest BCUT2D eigenvalue weighted by molar-refractivity contribution is 7.99. The molecule has 1 amide bonds. The first-order valence-electron chi connectivity index (χ1n) is 5.91. The summed E-state index contributed by atoms with van der Waals surface area (Å²) in [6.07, 6.45) is 3.39. The smallest absolute Gasteiger partial charge is 0.250 e. The van der Waals surface area contributed by atoms with Crippen LogP contribution in [0.3, 0.4) is 0 Å². The monoisotopic (exact) mass is 273 g/mol. The van der Waals surface area contributed by atoms with Crippen LogP contribution in [0.2, 0.25) is 0 Å². The second kappa shape index (κ2) is 7.43. The summed E-state index contributed by atoms with van der Waals surface area (Å²) in [5.74, 6) is 1.13. The van der Waals surface area contributed by atoms with Gasteiger partial charge in [-0.3, -0.25) is 4.79 Å². The Bertz CT molecular complexity index is 523. The van der Waals surface area contributed by atoms with Gasteiger partial charge in [-0.2, -0.15) is 5.10 Å². The molecule has 0 radical (unpaired) electrons. The fourth-order valence-electron chi connectivity index (χ4n) is 1.47. The van der Waals surface area contributed by atoms with Crippen molar-refractivity contribution in [1.82, 2.24) is 10.4 Å². The average molecular weight is 273 g/mol. The lowest BCUT2D eigenvalue weighted by Gasteiger charge is -2.00. The van der Waals surface area contributed by atoms with Gasteiger partial charge < -0.3 is 4.98 Å². The van der Waals surface area contributed by atoms with Gasteiger partial charge in [-0.05, 0) is 17.7 Å². The first kappa shape index (κ1) is 13.4. The zero-order chi connectivity index (χ0) is 13.3. The van der Waals surface area contributed by atoms with Gasteiger partial charge in [-0.15, -0.1) is 11.8 Å². The highest BCUT2D eigenvalue weighted by atomic mass is 32.2. The third kappa shape index (κ3) is 5.01. The van der Waals surface area contributed by atoms with Crippen LogP contribution >= 0.6 is 11.8 Å². The third-order valence-corrected chi connectivity index (χ3v) is 3.36. The SMILES string of the molecule is O=C(CSCc1ccccc1)NN=Cc1ccc[nH]1. The Morgan fingerprint density at radius 1 is 1.26 bits per heavy atom. The van der Waals surface area contributed by atoms with Crippen molar-refractivity contribution in [3.05, 3.63) is 59.9 Å². The zero-order valence-electron chi connectivity index (χ0n) is 10.4. The van der Waals surface area contributed by atoms with Gasteiger partial charge in [0.15, 0.2) is 0 Å². The van der Waals surface area contributed by atoms with Crippen molar-refractivity contribution in [3.8, 4) is 0 Å². The van der Waals surface area contributed by atoms with E-state index in [9.17, 15) is 4.79 Å². The lowest BCUT2D eigenvalue weighted by molar-refractivity contribution is -0.118. The highest BCUT2D eigenvalue weighted by Crippen LogP contribution is 2.10. The molecule has 98 valence electrons. The molecular formula is C14H15N3OS. The first-order valence-corrected chi connectivity index (χ1v) is 7.07. The molecule has 0 aliphatic carbocycles. The Morgan fingerprint density at radius 2 is 2.11 bits per heavy atom. The number of hydrazone groups is 1. The number of carbonyl (C=O) groups is 1. The molecule has 2 aromatic rings. The molecule has 0 fully saturated rings. The number of nitrogens with zero attached hydrogens (tertiary/aromatic N) is 1. The molecule has 0 saturated heterocycles. The van der Waals surface area contributed by atoms with E-state index in [0.717, 1.165) is 11.4 Å². The predicted octanol–water partition coefficient (Wildman–Crippen LogP) is 2.40. The minimum absolute atomic E-state index is 0.0938. The molecule has 2 N–H and O–H groups in total. The average Bonchev–Trinajstić information content (AvgIpc) is 2.93. The summed E-state index contributed by atoms with van der Waals surface area (Å²) in [5, 5.41) is 3.87. The van der Waals surface area contributed by atoms with Crippen LogP contribution in [0.25, 0.3) is 0 Å². The fraction of sp³-hybridized carbons (Fsp3) is 0.143. The Balaban J connectivity index is 1.65. The predicted molar refractivity (Wildman–Crippen MR) is 79.1 cm³/mol. The minimum atomic E-state index is -0.0938. The lowest BCUT2D eigenvalue weighted by Crippen LogP contribution is -2.19. The van der Waals surface area contributed by atoms with Gasteiger partial charge in [-0.25, -0.2) is 5.43 Å². The van der Waals surface area contributed by atoms with Crippen LogP contribution in [0.15, 0.2) is 53.8 Å². The molecule has 4 nitrogen and oxygen atoms in total. The van der Waals surface area contributed by atoms with Crippen molar-refractivity contribution in [1.29, 1.82) is 0 Å². The number of aromatic nitrogens is 1. The van der Waals surface area contributed by atoms with Crippen molar-refractivity contribution in [2.24, 2.45) is 5.10 Å². The number of nitrogens with one attached hydrogen (secondary N) is 2. The van der Waals surface area contributed by atoms with E-state index in [-0.39, 0.29) is 5.91 Å². The molecule has 0 unspecified atom stereocenters. The normalized spacial score (nSPS) is 10.7. The zero-order valence-corrected chi connectivity index (χ0v) is 11.2. The van der Waals surface area contributed by atoms with Crippen LogP contribution in [0.1, 0.15) is 11.3 Å². The number of hydrogen-bond acceptors (Lipinski definition) is 3. The maximum atomic E-state index is 11.5. The molecule has 5 heteroatoms. The van der Waals surface area contributed by atoms with E-state index in [0.29, 0.717) is 5.75 Å². The first-order chi connectivity index (χ1) is 9.34. The number of rotatable bonds is 6. The van der Waals surface area contributed by atoms with Gasteiger partial charge in [0.2, 0.25) is 5.91 Å². The van der Waals surface area contributed by atoms with Crippen LogP contribution in [-0.4, -0.2) is 22.9 Å². The molecule has 1 heterocycles. The van der Waals surface area contributed by atoms with Crippen LogP contribution in [0.4, 0.5) is 0 Å². The van der Waals surface area contributed by atoms with Crippen molar-refractivity contribution in [2.45, 2.75) is 5.75 Å². The number of carbonyl (C=O) groups excluding carboxylic acids is 1. The summed E-state index contributed by atoms with van der Waals surface area (Å²) < 4.78 is 0. The summed E-state index contributed by atoms with van der Waals surface area (Å²) in [6, 6.07) is 13.8. The molecule has 0 bridgehead atoms. The fourth-order valence-corrected chi connectivity index (χ4v) is 2.25. The van der Waals surface area contributed by atoms with E-state index in [2.05, 4.69) is 15.5 Å². The molecule has 0 spiro atoms. The van der Waals surface area contributed by atoms with Gasteiger partial charge in [0.05, 0.1) is 17.7 Å². The number of amides is 1. The van der Waals surface area contributed by atoms with E-state index in [1.165, 1.54) is 5.56 Å². The van der Waals surface area contributed by atoms with Gasteiger partial charge in [0, 0.05) is 11.9 Å². The summed E-state index contributed by atoms with van der Waals surface area (Å²) in [7, 11) is 0. The van der Waals surface area contributed by atoms with E-state index in [4.69, 9.17) is 0 Å². The number of aromatic amines is 1. The third-order valence-electron chi connectivity index (χ3n) is 2.36. The topological polar surface area (TPSA) is 57.2 Å². The summed E-state index contributed by atoms with van der Waals surface area (Å²) >= 11 is 1.57. The van der Waals surface area contributed by atoms with Crippen molar-refractivity contribution in [3.63, 3.8) is 0 Å². The van der Waals surface area contributed by atoms with Crippen molar-refractivity contribution >= 4 is 23.9 Å². The van der Waals surface area contributed by atoms with Crippen LogP contribution in [-0.2, 0) is 10.5 Å². The molecular weight excluding hydrogens is 258 g/mol. The number of thioether (sulfide) groups is 1. The van der Waals surface area contributed by atoms with E-state index in [1.807, 2.05) is 42.5 Å². The van der Waals surface area contributed by atoms with Gasteiger partial charge in [-0.1, -0.05) is 30.3 Å². The number of benzene rings is 1. The maximum absolute atomic E-state index is 11.5. The highest BCUT2D eigenvalue weighted by Gasteiger charge is 2.00. The molecule has 0 aliphatic rings. The van der Waals surface area contributed by atoms with Crippen LogP contribution < -0.4 is 5.43 Å².